The minimum Gasteiger partial charge on any atom is -0.374 e. The highest BCUT2D eigenvalue weighted by atomic mass is 35.5. The van der Waals surface area contributed by atoms with Crippen molar-refractivity contribution >= 4 is 17.3 Å². The zero-order valence-corrected chi connectivity index (χ0v) is 11.3. The van der Waals surface area contributed by atoms with Crippen LogP contribution in [0.4, 0.5) is 5.69 Å². The van der Waals surface area contributed by atoms with E-state index in [9.17, 15) is 5.26 Å². The van der Waals surface area contributed by atoms with Crippen LogP contribution in [-0.2, 0) is 0 Å². The van der Waals surface area contributed by atoms with Gasteiger partial charge in [0.15, 0.2) is 0 Å². The number of nitrogens with zero attached hydrogens (tertiary/aromatic N) is 2. The minimum atomic E-state index is -0.0163. The highest BCUT2D eigenvalue weighted by Gasteiger charge is 2.26. The summed E-state index contributed by atoms with van der Waals surface area (Å²) in [5.74, 6) is 0.403. The summed E-state index contributed by atoms with van der Waals surface area (Å²) in [5, 5.41) is 9.97. The number of nitriles is 1. The molecule has 0 amide bonds. The van der Waals surface area contributed by atoms with Crippen molar-refractivity contribution in [1.29, 1.82) is 5.26 Å². The molecule has 3 heteroatoms. The van der Waals surface area contributed by atoms with Crippen LogP contribution in [-0.4, -0.2) is 13.6 Å². The Kier molecular flexibility index (Phi) is 3.31. The predicted molar refractivity (Wildman–Crippen MR) is 71.8 cm³/mol. The summed E-state index contributed by atoms with van der Waals surface area (Å²) in [6.45, 7) is 5.26. The lowest BCUT2D eigenvalue weighted by molar-refractivity contribution is 0.680. The number of benzene rings is 1. The van der Waals surface area contributed by atoms with E-state index in [2.05, 4.69) is 31.9 Å². The second kappa shape index (κ2) is 4.58. The number of hydrogen-bond acceptors (Lipinski definition) is 2. The average molecular weight is 249 g/mol. The smallest absolute Gasteiger partial charge is 0.0750 e. The normalized spacial score (nSPS) is 19.1. The van der Waals surface area contributed by atoms with E-state index >= 15 is 0 Å². The highest BCUT2D eigenvalue weighted by Crippen LogP contribution is 2.41. The first-order valence-electron chi connectivity index (χ1n) is 5.98. The third-order valence-corrected chi connectivity index (χ3v) is 3.64. The van der Waals surface area contributed by atoms with Crippen molar-refractivity contribution in [2.45, 2.75) is 32.1 Å². The van der Waals surface area contributed by atoms with Crippen LogP contribution in [0.3, 0.4) is 0 Å². The van der Waals surface area contributed by atoms with Gasteiger partial charge in [-0.1, -0.05) is 25.4 Å². The van der Waals surface area contributed by atoms with Crippen LogP contribution in [0.15, 0.2) is 12.1 Å². The number of fused-ring (bicyclic) bond motifs is 1. The van der Waals surface area contributed by atoms with Gasteiger partial charge in [-0.05, 0) is 35.6 Å². The van der Waals surface area contributed by atoms with E-state index in [4.69, 9.17) is 11.6 Å². The fourth-order valence-corrected chi connectivity index (χ4v) is 2.75. The van der Waals surface area contributed by atoms with Crippen LogP contribution >= 0.6 is 11.6 Å². The Hall–Kier alpha value is -1.20. The predicted octanol–water partition coefficient (Wildman–Crippen LogP) is 3.91. The fourth-order valence-electron chi connectivity index (χ4n) is 2.51. The lowest BCUT2D eigenvalue weighted by atomic mass is 9.86. The summed E-state index contributed by atoms with van der Waals surface area (Å²) in [7, 11) is 2.09. The first kappa shape index (κ1) is 12.3. The van der Waals surface area contributed by atoms with Crippen molar-refractivity contribution in [1.82, 2.24) is 0 Å². The van der Waals surface area contributed by atoms with Crippen molar-refractivity contribution in [3.63, 3.8) is 0 Å². The second-order valence-electron chi connectivity index (χ2n) is 4.98. The van der Waals surface area contributed by atoms with Gasteiger partial charge >= 0.3 is 0 Å². The van der Waals surface area contributed by atoms with Gasteiger partial charge < -0.3 is 4.90 Å². The lowest BCUT2D eigenvalue weighted by Crippen LogP contribution is -2.28. The van der Waals surface area contributed by atoms with Gasteiger partial charge in [-0.2, -0.15) is 5.26 Å². The van der Waals surface area contributed by atoms with Gasteiger partial charge in [-0.25, -0.2) is 0 Å². The van der Waals surface area contributed by atoms with E-state index in [1.54, 1.807) is 0 Å². The second-order valence-corrected chi connectivity index (χ2v) is 5.42. The van der Waals surface area contributed by atoms with Crippen LogP contribution in [0.1, 0.15) is 43.2 Å². The van der Waals surface area contributed by atoms with Crippen LogP contribution < -0.4 is 4.90 Å². The maximum Gasteiger partial charge on any atom is 0.0750 e. The van der Waals surface area contributed by atoms with Crippen LogP contribution in [0.5, 0.6) is 0 Å². The molecule has 0 N–H and O–H groups in total. The van der Waals surface area contributed by atoms with Gasteiger partial charge in [0.25, 0.3) is 0 Å². The lowest BCUT2D eigenvalue weighted by Gasteiger charge is -2.33. The van der Waals surface area contributed by atoms with Crippen molar-refractivity contribution < 1.29 is 0 Å². The molecule has 1 heterocycles. The molecule has 1 atom stereocenters. The Morgan fingerprint density at radius 2 is 2.18 bits per heavy atom. The zero-order chi connectivity index (χ0) is 12.6. The van der Waals surface area contributed by atoms with E-state index < -0.39 is 0 Å². The molecule has 1 aromatic carbocycles. The molecule has 2 rings (SSSR count). The van der Waals surface area contributed by atoms with Gasteiger partial charge in [-0.15, -0.1) is 0 Å². The molecule has 2 nitrogen and oxygen atoms in total. The summed E-state index contributed by atoms with van der Waals surface area (Å²) in [5.41, 5.74) is 3.55. The monoisotopic (exact) mass is 248 g/mol. The van der Waals surface area contributed by atoms with E-state index in [1.807, 2.05) is 12.1 Å². The average Bonchev–Trinajstić information content (AvgIpc) is 2.28. The quantitative estimate of drug-likeness (QED) is 0.754. The molecule has 90 valence electrons. The van der Waals surface area contributed by atoms with Crippen LogP contribution in [0, 0.1) is 11.3 Å². The van der Waals surface area contributed by atoms with Gasteiger partial charge in [0.05, 0.1) is 12.0 Å². The summed E-state index contributed by atoms with van der Waals surface area (Å²) in [6.07, 6.45) is 0.887. The summed E-state index contributed by atoms with van der Waals surface area (Å²) >= 11 is 6.17. The number of anilines is 1. The Morgan fingerprint density at radius 3 is 2.76 bits per heavy atom. The van der Waals surface area contributed by atoms with E-state index in [1.165, 1.54) is 11.3 Å². The van der Waals surface area contributed by atoms with E-state index in [0.717, 1.165) is 23.6 Å². The topological polar surface area (TPSA) is 27.0 Å². The Bertz CT molecular complexity index is 474. The summed E-state index contributed by atoms with van der Waals surface area (Å²) in [6, 6.07) is 6.37. The molecule has 1 aliphatic heterocycles. The molecule has 0 radical (unpaired) electrons. The maximum atomic E-state index is 9.23. The molecule has 0 spiro atoms. The van der Waals surface area contributed by atoms with Crippen LogP contribution in [0.25, 0.3) is 0 Å². The zero-order valence-electron chi connectivity index (χ0n) is 10.5. The molecule has 0 saturated heterocycles. The third-order valence-electron chi connectivity index (χ3n) is 3.42. The maximum absolute atomic E-state index is 9.23. The largest absolute Gasteiger partial charge is 0.374 e. The minimum absolute atomic E-state index is 0.0163. The number of halogens is 1. The molecular weight excluding hydrogens is 232 g/mol. The molecule has 17 heavy (non-hydrogen) atoms. The number of hydrogen-bond donors (Lipinski definition) is 0. The SMILES string of the molecule is CC(C)c1cc(Cl)cc2c1N(C)CCC2C#N. The van der Waals surface area contributed by atoms with Crippen molar-refractivity contribution in [3.8, 4) is 6.07 Å². The van der Waals surface area contributed by atoms with Gasteiger partial charge in [0.1, 0.15) is 0 Å². The summed E-state index contributed by atoms with van der Waals surface area (Å²) in [4.78, 5) is 2.24. The van der Waals surface area contributed by atoms with E-state index in [-0.39, 0.29) is 5.92 Å². The van der Waals surface area contributed by atoms with Crippen molar-refractivity contribution in [3.05, 3.63) is 28.3 Å². The Balaban J connectivity index is 2.66. The third kappa shape index (κ3) is 2.12. The molecule has 0 fully saturated rings. The molecule has 0 aliphatic carbocycles. The fraction of sp³-hybridized carbons (Fsp3) is 0.500. The van der Waals surface area contributed by atoms with Crippen molar-refractivity contribution in [2.24, 2.45) is 0 Å². The molecular formula is C14H17ClN2. The molecule has 1 aliphatic rings. The van der Waals surface area contributed by atoms with E-state index in [0.29, 0.717) is 5.92 Å². The van der Waals surface area contributed by atoms with Crippen LogP contribution in [0.2, 0.25) is 5.02 Å². The standard InChI is InChI=1S/C14H17ClN2/c1-9(2)12-6-11(15)7-13-10(8-16)4-5-17(3)14(12)13/h6-7,9-10H,4-5H2,1-3H3. The first-order valence-corrected chi connectivity index (χ1v) is 6.36. The number of rotatable bonds is 1. The highest BCUT2D eigenvalue weighted by molar-refractivity contribution is 6.30. The molecule has 1 aromatic rings. The molecule has 0 aromatic heterocycles. The summed E-state index contributed by atoms with van der Waals surface area (Å²) < 4.78 is 0. The van der Waals surface area contributed by atoms with Gasteiger partial charge in [-0.3, -0.25) is 0 Å². The van der Waals surface area contributed by atoms with Crippen molar-refractivity contribution in [2.75, 3.05) is 18.5 Å². The van der Waals surface area contributed by atoms with Gasteiger partial charge in [0.2, 0.25) is 0 Å². The molecule has 1 unspecified atom stereocenters. The Labute approximate surface area is 108 Å². The molecule has 0 saturated carbocycles. The molecule has 0 bridgehead atoms. The Morgan fingerprint density at radius 1 is 1.47 bits per heavy atom. The van der Waals surface area contributed by atoms with Gasteiger partial charge in [0, 0.05) is 24.3 Å². The first-order chi connectivity index (χ1) is 8.04.